The van der Waals surface area contributed by atoms with Gasteiger partial charge in [-0.1, -0.05) is 0 Å². The lowest BCUT2D eigenvalue weighted by Crippen LogP contribution is -2.46. The van der Waals surface area contributed by atoms with Crippen molar-refractivity contribution in [3.8, 4) is 6.07 Å². The smallest absolute Gasteiger partial charge is 0.120 e. The van der Waals surface area contributed by atoms with E-state index >= 15 is 0 Å². The highest BCUT2D eigenvalue weighted by Gasteiger charge is 2.35. The summed E-state index contributed by atoms with van der Waals surface area (Å²) in [5.74, 6) is 0. The number of hydrogen-bond acceptors (Lipinski definition) is 4. The van der Waals surface area contributed by atoms with E-state index in [0.717, 1.165) is 26.1 Å². The second kappa shape index (κ2) is 4.56. The fraction of sp³-hybridized carbons (Fsp3) is 0.889. The van der Waals surface area contributed by atoms with E-state index in [0.29, 0.717) is 6.42 Å². The van der Waals surface area contributed by atoms with Crippen LogP contribution in [0.25, 0.3) is 0 Å². The summed E-state index contributed by atoms with van der Waals surface area (Å²) in [4.78, 5) is 2.15. The molecule has 0 bridgehead atoms. The van der Waals surface area contributed by atoms with Crippen LogP contribution in [0.1, 0.15) is 12.8 Å². The molecule has 4 heteroatoms. The molecule has 1 heterocycles. The lowest BCUT2D eigenvalue weighted by Gasteiger charge is -2.21. The monoisotopic (exact) mass is 183 g/mol. The summed E-state index contributed by atoms with van der Waals surface area (Å²) in [5.41, 5.74) is -0.371. The molecule has 1 rings (SSSR count). The van der Waals surface area contributed by atoms with Crippen LogP contribution in [0, 0.1) is 11.3 Å². The maximum Gasteiger partial charge on any atom is 0.120 e. The summed E-state index contributed by atoms with van der Waals surface area (Å²) < 4.78 is 0. The van der Waals surface area contributed by atoms with Crippen molar-refractivity contribution >= 4 is 0 Å². The van der Waals surface area contributed by atoms with Crippen molar-refractivity contribution in [1.82, 2.24) is 10.2 Å². The molecule has 1 fully saturated rings. The predicted molar refractivity (Wildman–Crippen MR) is 50.2 cm³/mol. The molecule has 0 amide bonds. The zero-order valence-corrected chi connectivity index (χ0v) is 8.08. The molecule has 1 aliphatic rings. The van der Waals surface area contributed by atoms with Crippen LogP contribution in [0.15, 0.2) is 0 Å². The van der Waals surface area contributed by atoms with Gasteiger partial charge in [0.15, 0.2) is 0 Å². The zero-order valence-electron chi connectivity index (χ0n) is 8.08. The number of aliphatic hydroxyl groups excluding tert-OH is 1. The first kappa shape index (κ1) is 10.5. The Kier molecular flexibility index (Phi) is 3.67. The van der Waals surface area contributed by atoms with E-state index in [2.05, 4.69) is 16.3 Å². The van der Waals surface area contributed by atoms with Crippen LogP contribution in [-0.2, 0) is 0 Å². The van der Waals surface area contributed by atoms with Gasteiger partial charge in [0.25, 0.3) is 0 Å². The number of aliphatic hydroxyl groups is 1. The van der Waals surface area contributed by atoms with Gasteiger partial charge in [0.2, 0.25) is 0 Å². The number of hydrogen-bond donors (Lipinski definition) is 2. The van der Waals surface area contributed by atoms with Gasteiger partial charge in [-0.05, 0) is 26.4 Å². The molecule has 1 unspecified atom stereocenters. The molecule has 0 aromatic heterocycles. The van der Waals surface area contributed by atoms with Crippen LogP contribution < -0.4 is 5.32 Å². The first-order valence-corrected chi connectivity index (χ1v) is 4.68. The van der Waals surface area contributed by atoms with Crippen LogP contribution >= 0.6 is 0 Å². The van der Waals surface area contributed by atoms with Crippen molar-refractivity contribution in [1.29, 1.82) is 5.26 Å². The maximum absolute atomic E-state index is 9.03. The van der Waals surface area contributed by atoms with Crippen LogP contribution in [0.2, 0.25) is 0 Å². The van der Waals surface area contributed by atoms with Crippen molar-refractivity contribution < 1.29 is 5.11 Å². The molecule has 1 aliphatic heterocycles. The van der Waals surface area contributed by atoms with Gasteiger partial charge in [-0.15, -0.1) is 0 Å². The molecule has 0 saturated carbocycles. The summed E-state index contributed by atoms with van der Waals surface area (Å²) in [6.45, 7) is 2.66. The molecule has 1 atom stereocenters. The van der Waals surface area contributed by atoms with Gasteiger partial charge in [-0.25, -0.2) is 0 Å². The van der Waals surface area contributed by atoms with Gasteiger partial charge in [-0.2, -0.15) is 5.26 Å². The number of rotatable bonds is 4. The van der Waals surface area contributed by atoms with E-state index < -0.39 is 0 Å². The highest BCUT2D eigenvalue weighted by Crippen LogP contribution is 2.18. The van der Waals surface area contributed by atoms with Gasteiger partial charge in [0.1, 0.15) is 5.54 Å². The SMILES string of the molecule is CN1CCC(C#N)(NCCCO)C1. The Labute approximate surface area is 79.1 Å². The molecule has 1 saturated heterocycles. The minimum absolute atomic E-state index is 0.185. The Morgan fingerprint density at radius 3 is 2.92 bits per heavy atom. The zero-order chi connectivity index (χ0) is 9.73. The number of nitriles is 1. The normalized spacial score (nSPS) is 29.0. The maximum atomic E-state index is 9.03. The standard InChI is InChI=1S/C9H17N3O/c1-12-5-3-9(7-10,8-12)11-4-2-6-13/h11,13H,2-6,8H2,1H3. The van der Waals surface area contributed by atoms with Crippen LogP contribution in [0.4, 0.5) is 0 Å². The number of likely N-dealkylation sites (N-methyl/N-ethyl adjacent to an activating group) is 1. The number of likely N-dealkylation sites (tertiary alicyclic amines) is 1. The summed E-state index contributed by atoms with van der Waals surface area (Å²) in [6, 6.07) is 2.33. The van der Waals surface area contributed by atoms with Crippen molar-refractivity contribution in [2.24, 2.45) is 0 Å². The van der Waals surface area contributed by atoms with E-state index in [1.807, 2.05) is 7.05 Å². The summed E-state index contributed by atoms with van der Waals surface area (Å²) in [5, 5.41) is 20.9. The molecule has 2 N–H and O–H groups in total. The highest BCUT2D eigenvalue weighted by molar-refractivity contribution is 5.12. The van der Waals surface area contributed by atoms with Crippen molar-refractivity contribution in [3.63, 3.8) is 0 Å². The minimum Gasteiger partial charge on any atom is -0.396 e. The lowest BCUT2D eigenvalue weighted by atomic mass is 10.0. The van der Waals surface area contributed by atoms with Crippen LogP contribution in [0.3, 0.4) is 0 Å². The Morgan fingerprint density at radius 2 is 2.46 bits per heavy atom. The first-order valence-electron chi connectivity index (χ1n) is 4.68. The van der Waals surface area contributed by atoms with Gasteiger partial charge in [0, 0.05) is 19.7 Å². The Morgan fingerprint density at radius 1 is 1.69 bits per heavy atom. The largest absolute Gasteiger partial charge is 0.396 e. The van der Waals surface area contributed by atoms with E-state index in [4.69, 9.17) is 10.4 Å². The molecule has 0 aromatic carbocycles. The second-order valence-electron chi connectivity index (χ2n) is 3.69. The minimum atomic E-state index is -0.371. The third kappa shape index (κ3) is 2.66. The van der Waals surface area contributed by atoms with Gasteiger partial charge in [0.05, 0.1) is 6.07 Å². The molecule has 0 aromatic rings. The molecule has 0 radical (unpaired) electrons. The molecular formula is C9H17N3O. The molecule has 4 nitrogen and oxygen atoms in total. The molecule has 0 spiro atoms. The Hall–Kier alpha value is -0.630. The average molecular weight is 183 g/mol. The number of nitrogens with zero attached hydrogens (tertiary/aromatic N) is 2. The van der Waals surface area contributed by atoms with E-state index in [9.17, 15) is 0 Å². The topological polar surface area (TPSA) is 59.3 Å². The van der Waals surface area contributed by atoms with Crippen LogP contribution in [0.5, 0.6) is 0 Å². The van der Waals surface area contributed by atoms with Crippen molar-refractivity contribution in [3.05, 3.63) is 0 Å². The van der Waals surface area contributed by atoms with Gasteiger partial charge >= 0.3 is 0 Å². The molecule has 74 valence electrons. The summed E-state index contributed by atoms with van der Waals surface area (Å²) in [7, 11) is 2.02. The quantitative estimate of drug-likeness (QED) is 0.580. The van der Waals surface area contributed by atoms with Crippen molar-refractivity contribution in [2.75, 3.05) is 33.3 Å². The first-order chi connectivity index (χ1) is 6.22. The molecular weight excluding hydrogens is 166 g/mol. The van der Waals surface area contributed by atoms with E-state index in [1.165, 1.54) is 0 Å². The molecule has 13 heavy (non-hydrogen) atoms. The van der Waals surface area contributed by atoms with Gasteiger partial charge in [-0.3, -0.25) is 5.32 Å². The Bertz CT molecular complexity index is 202. The lowest BCUT2D eigenvalue weighted by molar-refractivity contribution is 0.277. The highest BCUT2D eigenvalue weighted by atomic mass is 16.3. The van der Waals surface area contributed by atoms with Crippen LogP contribution in [-0.4, -0.2) is 48.8 Å². The average Bonchev–Trinajstić information content (AvgIpc) is 2.49. The second-order valence-corrected chi connectivity index (χ2v) is 3.69. The summed E-state index contributed by atoms with van der Waals surface area (Å²) in [6.07, 6.45) is 1.60. The third-order valence-electron chi connectivity index (χ3n) is 2.47. The van der Waals surface area contributed by atoms with E-state index in [-0.39, 0.29) is 12.1 Å². The fourth-order valence-electron chi connectivity index (χ4n) is 1.68. The summed E-state index contributed by atoms with van der Waals surface area (Å²) >= 11 is 0. The third-order valence-corrected chi connectivity index (χ3v) is 2.47. The van der Waals surface area contributed by atoms with Gasteiger partial charge < -0.3 is 10.0 Å². The predicted octanol–water partition coefficient (Wildman–Crippen LogP) is -0.444. The van der Waals surface area contributed by atoms with E-state index in [1.54, 1.807) is 0 Å². The fourth-order valence-corrected chi connectivity index (χ4v) is 1.68. The Balaban J connectivity index is 2.38. The molecule has 0 aliphatic carbocycles. The van der Waals surface area contributed by atoms with Crippen molar-refractivity contribution in [2.45, 2.75) is 18.4 Å². The number of nitrogens with one attached hydrogen (secondary N) is 1.